The lowest BCUT2D eigenvalue weighted by Gasteiger charge is -2.01. The highest BCUT2D eigenvalue weighted by Gasteiger charge is 1.99. The van der Waals surface area contributed by atoms with E-state index in [-0.39, 0.29) is 5.97 Å². The zero-order valence-corrected chi connectivity index (χ0v) is 11.8. The third kappa shape index (κ3) is 4.38. The second-order valence-electron chi connectivity index (χ2n) is 3.95. The minimum absolute atomic E-state index is 0.292. The summed E-state index contributed by atoms with van der Waals surface area (Å²) in [7, 11) is 0. The third-order valence-corrected chi connectivity index (χ3v) is 3.25. The van der Waals surface area contributed by atoms with Crippen LogP contribution >= 0.6 is 15.9 Å². The van der Waals surface area contributed by atoms with Crippen molar-refractivity contribution in [3.05, 3.63) is 76.3 Å². The van der Waals surface area contributed by atoms with Crippen LogP contribution in [0.15, 0.2) is 65.1 Å². The van der Waals surface area contributed by atoms with Crippen LogP contribution in [0.3, 0.4) is 0 Å². The molecule has 19 heavy (non-hydrogen) atoms. The predicted molar refractivity (Wildman–Crippen MR) is 79.4 cm³/mol. The van der Waals surface area contributed by atoms with Crippen molar-refractivity contribution in [1.82, 2.24) is 0 Å². The fourth-order valence-corrected chi connectivity index (χ4v) is 1.96. The molecule has 0 saturated carbocycles. The summed E-state index contributed by atoms with van der Waals surface area (Å²) in [5.74, 6) is -0.348. The van der Waals surface area contributed by atoms with Crippen LogP contribution in [0.2, 0.25) is 0 Å². The molecule has 96 valence electrons. The van der Waals surface area contributed by atoms with Gasteiger partial charge in [0, 0.05) is 10.5 Å². The topological polar surface area (TPSA) is 26.3 Å². The van der Waals surface area contributed by atoms with Gasteiger partial charge in [-0.2, -0.15) is 0 Å². The number of halogens is 1. The molecule has 2 aromatic carbocycles. The SMILES string of the molecule is O=C(C=Cc1ccccc1Br)OCc1ccccc1. The average molecular weight is 317 g/mol. The van der Waals surface area contributed by atoms with Crippen molar-refractivity contribution in [3.63, 3.8) is 0 Å². The molecule has 0 spiro atoms. The molecule has 3 heteroatoms. The van der Waals surface area contributed by atoms with E-state index in [1.807, 2.05) is 54.6 Å². The quantitative estimate of drug-likeness (QED) is 0.624. The summed E-state index contributed by atoms with van der Waals surface area (Å²) in [5.41, 5.74) is 1.92. The number of hydrogen-bond donors (Lipinski definition) is 0. The highest BCUT2D eigenvalue weighted by Crippen LogP contribution is 2.17. The molecule has 0 radical (unpaired) electrons. The van der Waals surface area contributed by atoms with Crippen LogP contribution < -0.4 is 0 Å². The van der Waals surface area contributed by atoms with Gasteiger partial charge in [0.2, 0.25) is 0 Å². The van der Waals surface area contributed by atoms with Gasteiger partial charge in [0.15, 0.2) is 0 Å². The van der Waals surface area contributed by atoms with Gasteiger partial charge in [-0.1, -0.05) is 64.5 Å². The molecule has 0 amide bonds. The maximum atomic E-state index is 11.6. The molecule has 0 atom stereocenters. The number of carbonyl (C=O) groups excluding carboxylic acids is 1. The lowest BCUT2D eigenvalue weighted by Crippen LogP contribution is -2.00. The second kappa shape index (κ2) is 6.90. The van der Waals surface area contributed by atoms with E-state index < -0.39 is 0 Å². The Bertz CT molecular complexity index is 576. The van der Waals surface area contributed by atoms with E-state index in [1.54, 1.807) is 6.08 Å². The van der Waals surface area contributed by atoms with Crippen LogP contribution in [0.5, 0.6) is 0 Å². The zero-order chi connectivity index (χ0) is 13.5. The first-order valence-corrected chi connectivity index (χ1v) is 6.68. The fraction of sp³-hybridized carbons (Fsp3) is 0.0625. The van der Waals surface area contributed by atoms with Gasteiger partial charge in [-0.3, -0.25) is 0 Å². The average Bonchev–Trinajstić information content (AvgIpc) is 2.45. The first-order chi connectivity index (χ1) is 9.25. The molecule has 0 aliphatic heterocycles. The van der Waals surface area contributed by atoms with Gasteiger partial charge >= 0.3 is 5.97 Å². The lowest BCUT2D eigenvalue weighted by atomic mass is 10.2. The molecule has 2 rings (SSSR count). The number of ether oxygens (including phenoxy) is 1. The number of esters is 1. The van der Waals surface area contributed by atoms with Crippen molar-refractivity contribution in [2.45, 2.75) is 6.61 Å². The summed E-state index contributed by atoms with van der Waals surface area (Å²) in [6, 6.07) is 17.3. The summed E-state index contributed by atoms with van der Waals surface area (Å²) in [5, 5.41) is 0. The molecule has 0 saturated heterocycles. The highest BCUT2D eigenvalue weighted by molar-refractivity contribution is 9.10. The molecule has 0 aliphatic carbocycles. The molecule has 0 N–H and O–H groups in total. The van der Waals surface area contributed by atoms with Gasteiger partial charge in [-0.15, -0.1) is 0 Å². The Labute approximate surface area is 120 Å². The molecule has 2 nitrogen and oxygen atoms in total. The molecular weight excluding hydrogens is 304 g/mol. The number of carbonyl (C=O) groups is 1. The summed E-state index contributed by atoms with van der Waals surface area (Å²) < 4.78 is 6.10. The Morgan fingerprint density at radius 2 is 1.74 bits per heavy atom. The lowest BCUT2D eigenvalue weighted by molar-refractivity contribution is -0.138. The van der Waals surface area contributed by atoms with Crippen molar-refractivity contribution in [3.8, 4) is 0 Å². The van der Waals surface area contributed by atoms with Crippen LogP contribution in [0, 0.1) is 0 Å². The molecule has 0 aliphatic rings. The Hall–Kier alpha value is -1.87. The summed E-state index contributed by atoms with van der Waals surface area (Å²) in [6.07, 6.45) is 3.17. The Morgan fingerprint density at radius 3 is 2.47 bits per heavy atom. The molecule has 0 unspecified atom stereocenters. The van der Waals surface area contributed by atoms with E-state index in [4.69, 9.17) is 4.74 Å². The van der Waals surface area contributed by atoms with Gasteiger partial charge in [0.25, 0.3) is 0 Å². The van der Waals surface area contributed by atoms with E-state index in [1.165, 1.54) is 6.08 Å². The van der Waals surface area contributed by atoms with Gasteiger partial charge in [0.1, 0.15) is 6.61 Å². The first kappa shape index (κ1) is 13.6. The number of rotatable bonds is 4. The molecule has 0 bridgehead atoms. The molecule has 0 aromatic heterocycles. The van der Waals surface area contributed by atoms with Crippen molar-refractivity contribution in [2.75, 3.05) is 0 Å². The van der Waals surface area contributed by atoms with E-state index >= 15 is 0 Å². The van der Waals surface area contributed by atoms with Crippen LogP contribution in [-0.2, 0) is 16.1 Å². The van der Waals surface area contributed by atoms with E-state index in [0.29, 0.717) is 6.61 Å². The Kier molecular flexibility index (Phi) is 4.93. The Balaban J connectivity index is 1.90. The molecule has 0 heterocycles. The van der Waals surface area contributed by atoms with Gasteiger partial charge in [0.05, 0.1) is 0 Å². The van der Waals surface area contributed by atoms with Crippen molar-refractivity contribution in [2.24, 2.45) is 0 Å². The molecular formula is C16H13BrO2. The minimum Gasteiger partial charge on any atom is -0.458 e. The zero-order valence-electron chi connectivity index (χ0n) is 10.3. The predicted octanol–water partition coefficient (Wildman–Crippen LogP) is 4.21. The summed E-state index contributed by atoms with van der Waals surface area (Å²) >= 11 is 3.42. The smallest absolute Gasteiger partial charge is 0.331 e. The van der Waals surface area contributed by atoms with Gasteiger partial charge in [-0.05, 0) is 23.3 Å². The number of benzene rings is 2. The number of hydrogen-bond acceptors (Lipinski definition) is 2. The van der Waals surface area contributed by atoms with Crippen molar-refractivity contribution >= 4 is 28.0 Å². The minimum atomic E-state index is -0.348. The van der Waals surface area contributed by atoms with E-state index in [9.17, 15) is 4.79 Å². The third-order valence-electron chi connectivity index (χ3n) is 2.53. The maximum absolute atomic E-state index is 11.6. The normalized spacial score (nSPS) is 10.6. The summed E-state index contributed by atoms with van der Waals surface area (Å²) in [4.78, 5) is 11.6. The second-order valence-corrected chi connectivity index (χ2v) is 4.80. The van der Waals surface area contributed by atoms with Gasteiger partial charge < -0.3 is 4.74 Å². The molecule has 2 aromatic rings. The van der Waals surface area contributed by atoms with Crippen molar-refractivity contribution in [1.29, 1.82) is 0 Å². The van der Waals surface area contributed by atoms with E-state index in [0.717, 1.165) is 15.6 Å². The maximum Gasteiger partial charge on any atom is 0.331 e. The first-order valence-electron chi connectivity index (χ1n) is 5.89. The molecule has 0 fully saturated rings. The highest BCUT2D eigenvalue weighted by atomic mass is 79.9. The van der Waals surface area contributed by atoms with Crippen LogP contribution in [0.25, 0.3) is 6.08 Å². The van der Waals surface area contributed by atoms with Gasteiger partial charge in [-0.25, -0.2) is 4.79 Å². The largest absolute Gasteiger partial charge is 0.458 e. The monoisotopic (exact) mass is 316 g/mol. The van der Waals surface area contributed by atoms with Crippen LogP contribution in [0.4, 0.5) is 0 Å². The van der Waals surface area contributed by atoms with Crippen LogP contribution in [0.1, 0.15) is 11.1 Å². The fourth-order valence-electron chi connectivity index (χ4n) is 1.54. The van der Waals surface area contributed by atoms with E-state index in [2.05, 4.69) is 15.9 Å². The summed E-state index contributed by atoms with van der Waals surface area (Å²) in [6.45, 7) is 0.292. The van der Waals surface area contributed by atoms with Crippen LogP contribution in [-0.4, -0.2) is 5.97 Å². The standard InChI is InChI=1S/C16H13BrO2/c17-15-9-5-4-8-14(15)10-11-16(18)19-12-13-6-2-1-3-7-13/h1-11H,12H2. The Morgan fingerprint density at radius 1 is 1.05 bits per heavy atom. The van der Waals surface area contributed by atoms with Crippen molar-refractivity contribution < 1.29 is 9.53 Å².